The molecule has 122 valence electrons. The number of nitrogens with one attached hydrogen (secondary N) is 1. The maximum Gasteiger partial charge on any atom is 0.253 e. The molecule has 4 nitrogen and oxygen atoms in total. The van der Waals surface area contributed by atoms with E-state index in [2.05, 4.69) is 5.32 Å². The normalized spacial score (nSPS) is 10.8. The first-order valence-corrected chi connectivity index (χ1v) is 7.61. The minimum absolute atomic E-state index is 0.275. The van der Waals surface area contributed by atoms with E-state index < -0.39 is 5.82 Å². The molecule has 5 heteroatoms. The van der Waals surface area contributed by atoms with Crippen molar-refractivity contribution in [1.29, 1.82) is 0 Å². The van der Waals surface area contributed by atoms with Gasteiger partial charge in [0.1, 0.15) is 5.82 Å². The van der Waals surface area contributed by atoms with Crippen LogP contribution in [0.1, 0.15) is 33.2 Å². The van der Waals surface area contributed by atoms with Crippen molar-refractivity contribution in [2.75, 3.05) is 0 Å². The Morgan fingerprint density at radius 1 is 1.12 bits per heavy atom. The fraction of sp³-hybridized carbons (Fsp3) is 0.158. The summed E-state index contributed by atoms with van der Waals surface area (Å²) in [5.41, 5.74) is 2.88. The number of carbonyl (C=O) groups excluding carboxylic acids is 2. The lowest BCUT2D eigenvalue weighted by Gasteiger charge is -2.05. The molecule has 3 rings (SSSR count). The number of rotatable bonds is 3. The summed E-state index contributed by atoms with van der Waals surface area (Å²) >= 11 is 0. The SMILES string of the molecule is CC(=O)n1cc(C(=O)NCc2ccc(C)cc2)c2ccc(F)cc21. The summed E-state index contributed by atoms with van der Waals surface area (Å²) in [5, 5.41) is 3.39. The highest BCUT2D eigenvalue weighted by atomic mass is 19.1. The Morgan fingerprint density at radius 2 is 1.83 bits per heavy atom. The largest absolute Gasteiger partial charge is 0.348 e. The number of hydrogen-bond donors (Lipinski definition) is 1. The monoisotopic (exact) mass is 324 g/mol. The molecule has 0 spiro atoms. The summed E-state index contributed by atoms with van der Waals surface area (Å²) in [6.45, 7) is 3.75. The van der Waals surface area contributed by atoms with Crippen molar-refractivity contribution in [3.63, 3.8) is 0 Å². The third-order valence-electron chi connectivity index (χ3n) is 3.93. The van der Waals surface area contributed by atoms with Crippen LogP contribution in [0.25, 0.3) is 10.9 Å². The van der Waals surface area contributed by atoms with Crippen LogP contribution >= 0.6 is 0 Å². The molecule has 1 heterocycles. The molecule has 2 aromatic carbocycles. The van der Waals surface area contributed by atoms with Gasteiger partial charge in [0, 0.05) is 25.1 Å². The number of aromatic nitrogens is 1. The molecule has 0 saturated heterocycles. The Labute approximate surface area is 138 Å². The van der Waals surface area contributed by atoms with Crippen LogP contribution in [-0.4, -0.2) is 16.4 Å². The van der Waals surface area contributed by atoms with Gasteiger partial charge in [-0.2, -0.15) is 0 Å². The van der Waals surface area contributed by atoms with Crippen molar-refractivity contribution in [2.24, 2.45) is 0 Å². The second-order valence-corrected chi connectivity index (χ2v) is 5.76. The number of halogens is 1. The molecular weight excluding hydrogens is 307 g/mol. The van der Waals surface area contributed by atoms with E-state index in [-0.39, 0.29) is 11.8 Å². The number of hydrogen-bond acceptors (Lipinski definition) is 2. The van der Waals surface area contributed by atoms with Crippen LogP contribution in [0.2, 0.25) is 0 Å². The summed E-state index contributed by atoms with van der Waals surface area (Å²) in [6.07, 6.45) is 1.46. The van der Waals surface area contributed by atoms with E-state index in [1.165, 1.54) is 35.9 Å². The van der Waals surface area contributed by atoms with Gasteiger partial charge in [-0.05, 0) is 30.7 Å². The average Bonchev–Trinajstić information content (AvgIpc) is 2.93. The average molecular weight is 324 g/mol. The first-order valence-electron chi connectivity index (χ1n) is 7.61. The van der Waals surface area contributed by atoms with Crippen molar-refractivity contribution in [3.8, 4) is 0 Å². The van der Waals surface area contributed by atoms with E-state index in [4.69, 9.17) is 0 Å². The van der Waals surface area contributed by atoms with Crippen molar-refractivity contribution in [1.82, 2.24) is 9.88 Å². The van der Waals surface area contributed by atoms with Gasteiger partial charge in [0.15, 0.2) is 0 Å². The zero-order valence-electron chi connectivity index (χ0n) is 13.5. The standard InChI is InChI=1S/C19H17FN2O2/c1-12-3-5-14(6-4-12)10-21-19(24)17-11-22(13(2)23)18-9-15(20)7-8-16(17)18/h3-9,11H,10H2,1-2H3,(H,21,24). The summed E-state index contributed by atoms with van der Waals surface area (Å²) in [4.78, 5) is 24.2. The Morgan fingerprint density at radius 3 is 2.50 bits per heavy atom. The predicted molar refractivity (Wildman–Crippen MR) is 90.5 cm³/mol. The van der Waals surface area contributed by atoms with Crippen LogP contribution in [0.3, 0.4) is 0 Å². The number of carbonyl (C=O) groups is 2. The maximum atomic E-state index is 13.5. The van der Waals surface area contributed by atoms with Crippen LogP contribution in [0.15, 0.2) is 48.7 Å². The summed E-state index contributed by atoms with van der Waals surface area (Å²) in [7, 11) is 0. The molecule has 0 aliphatic rings. The van der Waals surface area contributed by atoms with E-state index in [1.54, 1.807) is 0 Å². The Kier molecular flexibility index (Phi) is 4.16. The highest BCUT2D eigenvalue weighted by molar-refractivity contribution is 6.09. The number of fused-ring (bicyclic) bond motifs is 1. The van der Waals surface area contributed by atoms with Gasteiger partial charge in [-0.1, -0.05) is 29.8 Å². The van der Waals surface area contributed by atoms with Crippen LogP contribution < -0.4 is 5.32 Å². The number of benzene rings is 2. The van der Waals surface area contributed by atoms with Crippen molar-refractivity contribution in [3.05, 3.63) is 71.2 Å². The number of amides is 1. The number of nitrogens with zero attached hydrogens (tertiary/aromatic N) is 1. The van der Waals surface area contributed by atoms with Gasteiger partial charge in [-0.25, -0.2) is 4.39 Å². The van der Waals surface area contributed by atoms with Gasteiger partial charge in [0.2, 0.25) is 5.91 Å². The smallest absolute Gasteiger partial charge is 0.253 e. The molecule has 0 fully saturated rings. The van der Waals surface area contributed by atoms with E-state index in [0.29, 0.717) is 23.0 Å². The lowest BCUT2D eigenvalue weighted by Crippen LogP contribution is -2.22. The molecule has 1 amide bonds. The summed E-state index contributed by atoms with van der Waals surface area (Å²) < 4.78 is 14.8. The second-order valence-electron chi connectivity index (χ2n) is 5.76. The predicted octanol–water partition coefficient (Wildman–Crippen LogP) is 3.68. The molecule has 0 radical (unpaired) electrons. The lowest BCUT2D eigenvalue weighted by molar-refractivity contribution is 0.0941. The third kappa shape index (κ3) is 3.06. The molecule has 3 aromatic rings. The van der Waals surface area contributed by atoms with Gasteiger partial charge in [0.05, 0.1) is 11.1 Å². The zero-order valence-corrected chi connectivity index (χ0v) is 13.5. The van der Waals surface area contributed by atoms with Crippen molar-refractivity contribution < 1.29 is 14.0 Å². The highest BCUT2D eigenvalue weighted by Crippen LogP contribution is 2.22. The van der Waals surface area contributed by atoms with E-state index >= 15 is 0 Å². The molecule has 0 bridgehead atoms. The molecule has 0 aliphatic heterocycles. The van der Waals surface area contributed by atoms with Gasteiger partial charge in [-0.3, -0.25) is 14.2 Å². The molecule has 1 aromatic heterocycles. The number of aryl methyl sites for hydroxylation is 1. The molecule has 0 saturated carbocycles. The first kappa shape index (κ1) is 15.9. The fourth-order valence-corrected chi connectivity index (χ4v) is 2.63. The first-order chi connectivity index (χ1) is 11.5. The molecule has 24 heavy (non-hydrogen) atoms. The van der Waals surface area contributed by atoms with Crippen molar-refractivity contribution in [2.45, 2.75) is 20.4 Å². The van der Waals surface area contributed by atoms with E-state index in [9.17, 15) is 14.0 Å². The van der Waals surface area contributed by atoms with Gasteiger partial charge in [0.25, 0.3) is 5.91 Å². The van der Waals surface area contributed by atoms with Crippen LogP contribution in [0, 0.1) is 12.7 Å². The minimum atomic E-state index is -0.449. The molecule has 0 unspecified atom stereocenters. The quantitative estimate of drug-likeness (QED) is 0.799. The fourth-order valence-electron chi connectivity index (χ4n) is 2.63. The lowest BCUT2D eigenvalue weighted by atomic mass is 10.1. The van der Waals surface area contributed by atoms with Gasteiger partial charge < -0.3 is 5.32 Å². The van der Waals surface area contributed by atoms with Crippen LogP contribution in [-0.2, 0) is 6.54 Å². The molecule has 0 aliphatic carbocycles. The highest BCUT2D eigenvalue weighted by Gasteiger charge is 2.17. The Hall–Kier alpha value is -2.95. The second kappa shape index (κ2) is 6.28. The third-order valence-corrected chi connectivity index (χ3v) is 3.93. The van der Waals surface area contributed by atoms with Crippen LogP contribution in [0.4, 0.5) is 4.39 Å². The molecule has 0 atom stereocenters. The molecule has 1 N–H and O–H groups in total. The zero-order chi connectivity index (χ0) is 17.3. The maximum absolute atomic E-state index is 13.5. The van der Waals surface area contributed by atoms with E-state index in [1.807, 2.05) is 31.2 Å². The minimum Gasteiger partial charge on any atom is -0.348 e. The Balaban J connectivity index is 1.89. The van der Waals surface area contributed by atoms with Crippen LogP contribution in [0.5, 0.6) is 0 Å². The van der Waals surface area contributed by atoms with Gasteiger partial charge in [-0.15, -0.1) is 0 Å². The Bertz CT molecular complexity index is 926. The summed E-state index contributed by atoms with van der Waals surface area (Å²) in [6, 6.07) is 11.9. The van der Waals surface area contributed by atoms with E-state index in [0.717, 1.165) is 11.1 Å². The van der Waals surface area contributed by atoms with Crippen molar-refractivity contribution >= 4 is 22.7 Å². The topological polar surface area (TPSA) is 51.1 Å². The summed E-state index contributed by atoms with van der Waals surface area (Å²) in [5.74, 6) is -1.02. The molecular formula is C19H17FN2O2. The van der Waals surface area contributed by atoms with Gasteiger partial charge >= 0.3 is 0 Å².